The van der Waals surface area contributed by atoms with Gasteiger partial charge in [-0.1, -0.05) is 11.6 Å². The van der Waals surface area contributed by atoms with E-state index in [1.165, 1.54) is 18.5 Å². The molecule has 7 nitrogen and oxygen atoms in total. The van der Waals surface area contributed by atoms with Crippen molar-refractivity contribution < 1.29 is 14.1 Å². The van der Waals surface area contributed by atoms with Crippen LogP contribution in [0.1, 0.15) is 10.5 Å². The van der Waals surface area contributed by atoms with E-state index >= 15 is 0 Å². The molecule has 0 spiro atoms. The van der Waals surface area contributed by atoms with Gasteiger partial charge < -0.3 is 5.32 Å². The predicted molar refractivity (Wildman–Crippen MR) is 68.0 cm³/mol. The molecule has 0 atom stereocenters. The lowest BCUT2D eigenvalue weighted by Crippen LogP contribution is -2.14. The molecule has 0 saturated heterocycles. The molecule has 2 rings (SSSR count). The molecule has 0 aliphatic carbocycles. The summed E-state index contributed by atoms with van der Waals surface area (Å²) in [5.74, 6) is -1.71. The number of rotatable bonds is 3. The highest BCUT2D eigenvalue weighted by atomic mass is 35.5. The van der Waals surface area contributed by atoms with Crippen molar-refractivity contribution in [1.29, 1.82) is 0 Å². The molecule has 2 aromatic rings. The number of aromatic nitrogens is 2. The maximum atomic E-state index is 13.4. The third-order valence-electron chi connectivity index (χ3n) is 2.24. The van der Waals surface area contributed by atoms with Gasteiger partial charge in [0.1, 0.15) is 10.8 Å². The van der Waals surface area contributed by atoms with Gasteiger partial charge in [-0.2, -0.15) is 4.39 Å². The fourth-order valence-electron chi connectivity index (χ4n) is 1.38. The van der Waals surface area contributed by atoms with E-state index in [-0.39, 0.29) is 16.5 Å². The Balaban J connectivity index is 2.20. The van der Waals surface area contributed by atoms with Crippen LogP contribution in [0.25, 0.3) is 0 Å². The molecule has 1 aromatic carbocycles. The summed E-state index contributed by atoms with van der Waals surface area (Å²) in [7, 11) is 0. The standard InChI is InChI=1S/C11H6ClFN4O3/c12-10-5-14-4-8(16-10)11(18)15-6-1-2-9(17(19)20)7(13)3-6/h1-5H,(H,15,18). The van der Waals surface area contributed by atoms with E-state index in [0.717, 1.165) is 12.1 Å². The Kier molecular flexibility index (Phi) is 3.85. The third kappa shape index (κ3) is 3.04. The highest BCUT2D eigenvalue weighted by molar-refractivity contribution is 6.29. The maximum Gasteiger partial charge on any atom is 0.304 e. The van der Waals surface area contributed by atoms with Crippen LogP contribution in [-0.4, -0.2) is 20.8 Å². The molecule has 0 aliphatic heterocycles. The number of nitrogens with zero attached hydrogens (tertiary/aromatic N) is 3. The summed E-state index contributed by atoms with van der Waals surface area (Å²) in [6.07, 6.45) is 2.44. The molecule has 1 heterocycles. The summed E-state index contributed by atoms with van der Waals surface area (Å²) in [5.41, 5.74) is -0.679. The summed E-state index contributed by atoms with van der Waals surface area (Å²) in [6, 6.07) is 3.00. The Morgan fingerprint density at radius 1 is 1.40 bits per heavy atom. The van der Waals surface area contributed by atoms with Gasteiger partial charge in [-0.25, -0.2) is 4.98 Å². The van der Waals surface area contributed by atoms with Crippen LogP contribution in [-0.2, 0) is 0 Å². The minimum atomic E-state index is -1.05. The number of anilines is 1. The number of amides is 1. The number of hydrogen-bond donors (Lipinski definition) is 1. The van der Waals surface area contributed by atoms with Crippen LogP contribution < -0.4 is 5.32 Å². The van der Waals surface area contributed by atoms with E-state index in [1.807, 2.05) is 0 Å². The van der Waals surface area contributed by atoms with Gasteiger partial charge in [-0.05, 0) is 6.07 Å². The lowest BCUT2D eigenvalue weighted by atomic mass is 10.2. The van der Waals surface area contributed by atoms with E-state index < -0.39 is 22.3 Å². The monoisotopic (exact) mass is 296 g/mol. The summed E-state index contributed by atoms with van der Waals surface area (Å²) >= 11 is 5.58. The van der Waals surface area contributed by atoms with Crippen LogP contribution in [0.2, 0.25) is 5.15 Å². The fraction of sp³-hybridized carbons (Fsp3) is 0. The third-order valence-corrected chi connectivity index (χ3v) is 2.42. The molecule has 102 valence electrons. The molecule has 0 radical (unpaired) electrons. The van der Waals surface area contributed by atoms with Crippen molar-refractivity contribution in [2.45, 2.75) is 0 Å². The minimum absolute atomic E-state index is 0.0348. The normalized spacial score (nSPS) is 10.1. The average Bonchev–Trinajstić information content (AvgIpc) is 2.38. The molecule has 0 bridgehead atoms. The first-order chi connectivity index (χ1) is 9.47. The van der Waals surface area contributed by atoms with Crippen molar-refractivity contribution in [3.63, 3.8) is 0 Å². The highest BCUT2D eigenvalue weighted by Crippen LogP contribution is 2.21. The number of benzene rings is 1. The topological polar surface area (TPSA) is 98.0 Å². The van der Waals surface area contributed by atoms with Crippen molar-refractivity contribution in [2.24, 2.45) is 0 Å². The molecule has 0 fully saturated rings. The molecule has 1 N–H and O–H groups in total. The van der Waals surface area contributed by atoms with E-state index in [2.05, 4.69) is 15.3 Å². The predicted octanol–water partition coefficient (Wildman–Crippen LogP) is 2.43. The maximum absolute atomic E-state index is 13.4. The zero-order valence-corrected chi connectivity index (χ0v) is 10.5. The number of hydrogen-bond acceptors (Lipinski definition) is 5. The van der Waals surface area contributed by atoms with Crippen LogP contribution >= 0.6 is 11.6 Å². The first kappa shape index (κ1) is 13.8. The van der Waals surface area contributed by atoms with Gasteiger partial charge in [-0.15, -0.1) is 0 Å². The molecule has 1 aromatic heterocycles. The molecule has 0 saturated carbocycles. The Morgan fingerprint density at radius 2 is 2.15 bits per heavy atom. The second-order valence-electron chi connectivity index (χ2n) is 3.60. The van der Waals surface area contributed by atoms with E-state index in [9.17, 15) is 19.3 Å². The van der Waals surface area contributed by atoms with Gasteiger partial charge in [0, 0.05) is 17.8 Å². The zero-order chi connectivity index (χ0) is 14.7. The van der Waals surface area contributed by atoms with Crippen LogP contribution in [0.15, 0.2) is 30.6 Å². The van der Waals surface area contributed by atoms with Gasteiger partial charge >= 0.3 is 5.69 Å². The number of carbonyl (C=O) groups excluding carboxylic acids is 1. The second kappa shape index (κ2) is 5.57. The molecule has 20 heavy (non-hydrogen) atoms. The van der Waals surface area contributed by atoms with Crippen LogP contribution in [0.5, 0.6) is 0 Å². The fourth-order valence-corrected chi connectivity index (χ4v) is 1.53. The van der Waals surface area contributed by atoms with Gasteiger partial charge in [0.05, 0.1) is 17.3 Å². The Hall–Kier alpha value is -2.61. The van der Waals surface area contributed by atoms with Gasteiger partial charge in [0.15, 0.2) is 0 Å². The largest absolute Gasteiger partial charge is 0.320 e. The van der Waals surface area contributed by atoms with Crippen LogP contribution in [0.3, 0.4) is 0 Å². The number of halogens is 2. The van der Waals surface area contributed by atoms with Crippen molar-refractivity contribution in [3.8, 4) is 0 Å². The minimum Gasteiger partial charge on any atom is -0.320 e. The summed E-state index contributed by atoms with van der Waals surface area (Å²) in [5, 5.41) is 12.8. The molecule has 0 aliphatic rings. The molecule has 0 unspecified atom stereocenters. The number of nitro groups is 1. The van der Waals surface area contributed by atoms with Crippen molar-refractivity contribution in [1.82, 2.24) is 9.97 Å². The van der Waals surface area contributed by atoms with Crippen LogP contribution in [0, 0.1) is 15.9 Å². The summed E-state index contributed by atoms with van der Waals surface area (Å²) in [4.78, 5) is 28.8. The van der Waals surface area contributed by atoms with E-state index in [0.29, 0.717) is 0 Å². The first-order valence-electron chi connectivity index (χ1n) is 5.20. The zero-order valence-electron chi connectivity index (χ0n) is 9.71. The average molecular weight is 297 g/mol. The quantitative estimate of drug-likeness (QED) is 0.693. The summed E-state index contributed by atoms with van der Waals surface area (Å²) < 4.78 is 13.4. The van der Waals surface area contributed by atoms with Gasteiger partial charge in [-0.3, -0.25) is 19.9 Å². The van der Waals surface area contributed by atoms with E-state index in [1.54, 1.807) is 0 Å². The van der Waals surface area contributed by atoms with Crippen molar-refractivity contribution >= 4 is 28.9 Å². The highest BCUT2D eigenvalue weighted by Gasteiger charge is 2.15. The second-order valence-corrected chi connectivity index (χ2v) is 3.99. The first-order valence-corrected chi connectivity index (χ1v) is 5.58. The number of nitrogens with one attached hydrogen (secondary N) is 1. The van der Waals surface area contributed by atoms with Crippen molar-refractivity contribution in [2.75, 3.05) is 5.32 Å². The SMILES string of the molecule is O=C(Nc1ccc([N+](=O)[O-])c(F)c1)c1cncc(Cl)n1. The molecular formula is C11H6ClFN4O3. The Bertz CT molecular complexity index is 695. The van der Waals surface area contributed by atoms with Crippen molar-refractivity contribution in [3.05, 3.63) is 57.4 Å². The molecule has 9 heteroatoms. The van der Waals surface area contributed by atoms with E-state index in [4.69, 9.17) is 11.6 Å². The lowest BCUT2D eigenvalue weighted by molar-refractivity contribution is -0.387. The Morgan fingerprint density at radius 3 is 2.75 bits per heavy atom. The lowest BCUT2D eigenvalue weighted by Gasteiger charge is -2.04. The van der Waals surface area contributed by atoms with Gasteiger partial charge in [0.2, 0.25) is 5.82 Å². The Labute approximate surface area is 116 Å². The molecular weight excluding hydrogens is 291 g/mol. The van der Waals surface area contributed by atoms with Gasteiger partial charge in [0.25, 0.3) is 5.91 Å². The van der Waals surface area contributed by atoms with Crippen LogP contribution in [0.4, 0.5) is 15.8 Å². The number of nitro benzene ring substituents is 1. The molecule has 1 amide bonds. The number of carbonyl (C=O) groups is 1. The summed E-state index contributed by atoms with van der Waals surface area (Å²) in [6.45, 7) is 0. The smallest absolute Gasteiger partial charge is 0.304 e.